The standard InChI is InChI=1S/C19H17N5O2S/c1-11-16(18(26)22-19-21-12(2)13(3)27-19)23(14-7-5-4-6-8-14)24-15(25)9-10-20-17(11)24/h4-10H,1-3H3,(H,21,22,26). The Morgan fingerprint density at radius 2 is 1.85 bits per heavy atom. The highest BCUT2D eigenvalue weighted by atomic mass is 32.1. The average molecular weight is 379 g/mol. The summed E-state index contributed by atoms with van der Waals surface area (Å²) in [4.78, 5) is 35.4. The van der Waals surface area contributed by atoms with E-state index in [9.17, 15) is 9.59 Å². The van der Waals surface area contributed by atoms with Crippen LogP contribution in [0.1, 0.15) is 26.6 Å². The van der Waals surface area contributed by atoms with Crippen LogP contribution in [0, 0.1) is 20.8 Å². The van der Waals surface area contributed by atoms with Crippen LogP contribution in [-0.2, 0) is 0 Å². The molecule has 4 aromatic rings. The molecule has 3 heterocycles. The summed E-state index contributed by atoms with van der Waals surface area (Å²) in [6.45, 7) is 5.64. The van der Waals surface area contributed by atoms with Crippen LogP contribution in [-0.4, -0.2) is 25.1 Å². The number of carbonyl (C=O) groups is 1. The van der Waals surface area contributed by atoms with Crippen molar-refractivity contribution in [3.63, 3.8) is 0 Å². The molecule has 0 aliphatic rings. The van der Waals surface area contributed by atoms with Gasteiger partial charge in [-0.1, -0.05) is 18.2 Å². The Morgan fingerprint density at radius 1 is 1.11 bits per heavy atom. The lowest BCUT2D eigenvalue weighted by Gasteiger charge is -2.10. The zero-order valence-electron chi connectivity index (χ0n) is 15.1. The normalized spacial score (nSPS) is 11.1. The average Bonchev–Trinajstić information content (AvgIpc) is 3.13. The third-order valence-electron chi connectivity index (χ3n) is 4.39. The van der Waals surface area contributed by atoms with E-state index in [1.807, 2.05) is 44.2 Å². The van der Waals surface area contributed by atoms with Gasteiger partial charge in [-0.3, -0.25) is 14.9 Å². The number of hydrogen-bond donors (Lipinski definition) is 1. The number of rotatable bonds is 3. The van der Waals surface area contributed by atoms with E-state index in [4.69, 9.17) is 0 Å². The van der Waals surface area contributed by atoms with E-state index in [-0.39, 0.29) is 11.5 Å². The van der Waals surface area contributed by atoms with Crippen molar-refractivity contribution < 1.29 is 4.79 Å². The van der Waals surface area contributed by atoms with E-state index < -0.39 is 0 Å². The summed E-state index contributed by atoms with van der Waals surface area (Å²) in [5.74, 6) is -0.338. The SMILES string of the molecule is Cc1nc(NC(=O)c2c(C)c3nccc(=O)n3n2-c2ccccc2)sc1C. The minimum atomic E-state index is -0.338. The molecule has 3 aromatic heterocycles. The number of carbonyl (C=O) groups excluding carboxylic acids is 1. The van der Waals surface area contributed by atoms with Gasteiger partial charge in [0.2, 0.25) is 0 Å². The number of aryl methyl sites for hydroxylation is 3. The molecule has 4 rings (SSSR count). The molecule has 1 N–H and O–H groups in total. The summed E-state index contributed by atoms with van der Waals surface area (Å²) in [7, 11) is 0. The maximum absolute atomic E-state index is 13.1. The fraction of sp³-hybridized carbons (Fsp3) is 0.158. The molecule has 136 valence electrons. The van der Waals surface area contributed by atoms with Crippen LogP contribution in [0.25, 0.3) is 11.3 Å². The first-order chi connectivity index (χ1) is 13.0. The minimum absolute atomic E-state index is 0.257. The van der Waals surface area contributed by atoms with Crippen molar-refractivity contribution in [3.8, 4) is 5.69 Å². The fourth-order valence-electron chi connectivity index (χ4n) is 2.98. The third kappa shape index (κ3) is 2.83. The number of nitrogens with zero attached hydrogens (tertiary/aromatic N) is 4. The van der Waals surface area contributed by atoms with Gasteiger partial charge in [0.1, 0.15) is 5.69 Å². The minimum Gasteiger partial charge on any atom is -0.296 e. The summed E-state index contributed by atoms with van der Waals surface area (Å²) in [5, 5.41) is 3.38. The molecule has 0 radical (unpaired) electrons. The monoisotopic (exact) mass is 379 g/mol. The zero-order chi connectivity index (χ0) is 19.1. The van der Waals surface area contributed by atoms with E-state index in [2.05, 4.69) is 15.3 Å². The van der Waals surface area contributed by atoms with Crippen LogP contribution in [0.3, 0.4) is 0 Å². The predicted molar refractivity (Wildman–Crippen MR) is 105 cm³/mol. The summed E-state index contributed by atoms with van der Waals surface area (Å²) < 4.78 is 3.01. The Kier molecular flexibility index (Phi) is 4.12. The molecule has 1 aromatic carbocycles. The molecule has 8 heteroatoms. The van der Waals surface area contributed by atoms with E-state index in [0.29, 0.717) is 27.7 Å². The number of amides is 1. The first-order valence-corrected chi connectivity index (χ1v) is 9.19. The second-order valence-corrected chi connectivity index (χ2v) is 7.36. The van der Waals surface area contributed by atoms with Gasteiger partial charge >= 0.3 is 0 Å². The fourth-order valence-corrected chi connectivity index (χ4v) is 3.79. The number of anilines is 1. The van der Waals surface area contributed by atoms with Gasteiger partial charge in [0.25, 0.3) is 11.5 Å². The summed E-state index contributed by atoms with van der Waals surface area (Å²) in [6, 6.07) is 10.6. The van der Waals surface area contributed by atoms with E-state index >= 15 is 0 Å². The van der Waals surface area contributed by atoms with Crippen molar-refractivity contribution in [1.29, 1.82) is 0 Å². The molecule has 7 nitrogen and oxygen atoms in total. The number of hydrogen-bond acceptors (Lipinski definition) is 5. The highest BCUT2D eigenvalue weighted by molar-refractivity contribution is 7.15. The quantitative estimate of drug-likeness (QED) is 0.593. The van der Waals surface area contributed by atoms with Crippen LogP contribution >= 0.6 is 11.3 Å². The molecular weight excluding hydrogens is 362 g/mol. The highest BCUT2D eigenvalue weighted by Gasteiger charge is 2.24. The van der Waals surface area contributed by atoms with Crippen molar-refractivity contribution >= 4 is 28.0 Å². The molecule has 0 unspecified atom stereocenters. The topological polar surface area (TPSA) is 81.3 Å². The van der Waals surface area contributed by atoms with E-state index in [0.717, 1.165) is 10.6 Å². The molecule has 0 spiro atoms. The molecule has 0 bridgehead atoms. The van der Waals surface area contributed by atoms with Gasteiger partial charge in [-0.05, 0) is 32.9 Å². The van der Waals surface area contributed by atoms with Gasteiger partial charge in [0.05, 0.1) is 11.4 Å². The second-order valence-electron chi connectivity index (χ2n) is 6.15. The van der Waals surface area contributed by atoms with Crippen LogP contribution in [0.2, 0.25) is 0 Å². The van der Waals surface area contributed by atoms with Crippen LogP contribution in [0.15, 0.2) is 47.4 Å². The smallest absolute Gasteiger partial charge is 0.276 e. The Balaban J connectivity index is 1.94. The lowest BCUT2D eigenvalue weighted by Crippen LogP contribution is -2.24. The molecule has 0 saturated carbocycles. The molecule has 1 amide bonds. The number of thiazole rings is 1. The van der Waals surface area contributed by atoms with Crippen molar-refractivity contribution in [2.75, 3.05) is 5.32 Å². The maximum atomic E-state index is 13.1. The van der Waals surface area contributed by atoms with Gasteiger partial charge in [-0.15, -0.1) is 11.3 Å². The van der Waals surface area contributed by atoms with Crippen LogP contribution in [0.4, 0.5) is 5.13 Å². The van der Waals surface area contributed by atoms with Crippen LogP contribution < -0.4 is 10.9 Å². The Bertz CT molecular complexity index is 1200. The highest BCUT2D eigenvalue weighted by Crippen LogP contribution is 2.24. The van der Waals surface area contributed by atoms with E-state index in [1.165, 1.54) is 28.1 Å². The number of nitrogens with one attached hydrogen (secondary N) is 1. The number of benzene rings is 1. The Hall–Kier alpha value is -3.26. The van der Waals surface area contributed by atoms with Crippen molar-refractivity contribution in [1.82, 2.24) is 19.2 Å². The molecule has 0 saturated heterocycles. The van der Waals surface area contributed by atoms with Gasteiger partial charge in [0.15, 0.2) is 10.8 Å². The first kappa shape index (κ1) is 17.2. The van der Waals surface area contributed by atoms with E-state index in [1.54, 1.807) is 11.6 Å². The third-order valence-corrected chi connectivity index (χ3v) is 5.38. The summed E-state index contributed by atoms with van der Waals surface area (Å²) >= 11 is 1.42. The molecule has 0 atom stereocenters. The van der Waals surface area contributed by atoms with Gasteiger partial charge in [-0.2, -0.15) is 4.52 Å². The summed E-state index contributed by atoms with van der Waals surface area (Å²) in [5.41, 5.74) is 2.74. The molecule has 0 fully saturated rings. The number of aromatic nitrogens is 4. The second kappa shape index (κ2) is 6.48. The molecular formula is C19H17N5O2S. The van der Waals surface area contributed by atoms with Crippen molar-refractivity contribution in [2.45, 2.75) is 20.8 Å². The van der Waals surface area contributed by atoms with Crippen LogP contribution in [0.5, 0.6) is 0 Å². The molecule has 0 aliphatic heterocycles. The first-order valence-electron chi connectivity index (χ1n) is 8.37. The van der Waals surface area contributed by atoms with Crippen molar-refractivity contribution in [2.24, 2.45) is 0 Å². The van der Waals surface area contributed by atoms with Gasteiger partial charge in [0, 0.05) is 22.7 Å². The lowest BCUT2D eigenvalue weighted by molar-refractivity contribution is 0.101. The van der Waals surface area contributed by atoms with Crippen molar-refractivity contribution in [3.05, 3.63) is 74.8 Å². The maximum Gasteiger partial charge on any atom is 0.276 e. The largest absolute Gasteiger partial charge is 0.296 e. The Labute approximate surface area is 158 Å². The van der Waals surface area contributed by atoms with Gasteiger partial charge < -0.3 is 0 Å². The number of para-hydroxylation sites is 1. The molecule has 27 heavy (non-hydrogen) atoms. The number of fused-ring (bicyclic) bond motifs is 1. The lowest BCUT2D eigenvalue weighted by atomic mass is 10.2. The summed E-state index contributed by atoms with van der Waals surface area (Å²) in [6.07, 6.45) is 1.45. The zero-order valence-corrected chi connectivity index (χ0v) is 15.9. The Morgan fingerprint density at radius 3 is 2.52 bits per heavy atom. The predicted octanol–water partition coefficient (Wildman–Crippen LogP) is 3.12. The molecule has 0 aliphatic carbocycles. The van der Waals surface area contributed by atoms with Gasteiger partial charge in [-0.25, -0.2) is 14.6 Å².